The van der Waals surface area contributed by atoms with Crippen LogP contribution < -0.4 is 5.32 Å². The van der Waals surface area contributed by atoms with Gasteiger partial charge in [-0.2, -0.15) is 0 Å². The standard InChI is InChI=1S/C15H18FN3O/c16-12-4-1-3-11(15(12)20)9-18-13-5-2-6-14(13)19-8-7-17-10-19/h1,3-4,7-8,10,13-14,18,20H,2,5-6,9H2. The van der Waals surface area contributed by atoms with Gasteiger partial charge in [-0.05, 0) is 25.3 Å². The molecular weight excluding hydrogens is 257 g/mol. The van der Waals surface area contributed by atoms with Crippen LogP contribution in [0, 0.1) is 5.82 Å². The monoisotopic (exact) mass is 275 g/mol. The van der Waals surface area contributed by atoms with Gasteiger partial charge in [0, 0.05) is 36.6 Å². The van der Waals surface area contributed by atoms with Gasteiger partial charge >= 0.3 is 0 Å². The summed E-state index contributed by atoms with van der Waals surface area (Å²) in [6, 6.07) is 5.34. The number of imidazole rings is 1. The van der Waals surface area contributed by atoms with E-state index in [0.29, 0.717) is 24.2 Å². The zero-order valence-corrected chi connectivity index (χ0v) is 11.2. The van der Waals surface area contributed by atoms with Crippen molar-refractivity contribution in [3.8, 4) is 5.75 Å². The van der Waals surface area contributed by atoms with Crippen molar-refractivity contribution in [1.82, 2.24) is 14.9 Å². The third kappa shape index (κ3) is 2.54. The Morgan fingerprint density at radius 2 is 2.30 bits per heavy atom. The van der Waals surface area contributed by atoms with Gasteiger partial charge in [-0.15, -0.1) is 0 Å². The van der Waals surface area contributed by atoms with Crippen LogP contribution in [0.2, 0.25) is 0 Å². The van der Waals surface area contributed by atoms with Crippen LogP contribution in [0.25, 0.3) is 0 Å². The molecule has 1 saturated carbocycles. The van der Waals surface area contributed by atoms with Crippen LogP contribution in [0.3, 0.4) is 0 Å². The summed E-state index contributed by atoms with van der Waals surface area (Å²) >= 11 is 0. The van der Waals surface area contributed by atoms with E-state index in [9.17, 15) is 9.50 Å². The minimum absolute atomic E-state index is 0.253. The fraction of sp³-hybridized carbons (Fsp3) is 0.400. The summed E-state index contributed by atoms with van der Waals surface area (Å²) in [7, 11) is 0. The molecule has 1 aliphatic carbocycles. The molecule has 0 saturated heterocycles. The highest BCUT2D eigenvalue weighted by Crippen LogP contribution is 2.30. The number of rotatable bonds is 4. The Morgan fingerprint density at radius 1 is 1.40 bits per heavy atom. The molecule has 0 radical (unpaired) electrons. The van der Waals surface area contributed by atoms with Crippen molar-refractivity contribution in [1.29, 1.82) is 0 Å². The summed E-state index contributed by atoms with van der Waals surface area (Å²) in [4.78, 5) is 4.09. The molecule has 106 valence electrons. The van der Waals surface area contributed by atoms with E-state index in [-0.39, 0.29) is 5.75 Å². The van der Waals surface area contributed by atoms with Crippen molar-refractivity contribution in [2.75, 3.05) is 0 Å². The summed E-state index contributed by atoms with van der Waals surface area (Å²) in [6.07, 6.45) is 8.96. The molecule has 0 aliphatic heterocycles. The van der Waals surface area contributed by atoms with Crippen molar-refractivity contribution in [3.63, 3.8) is 0 Å². The molecule has 5 heteroatoms. The maximum Gasteiger partial charge on any atom is 0.165 e. The number of aromatic hydroxyl groups is 1. The molecule has 1 aromatic heterocycles. The third-order valence-electron chi connectivity index (χ3n) is 4.01. The number of hydrogen-bond acceptors (Lipinski definition) is 3. The number of benzene rings is 1. The highest BCUT2D eigenvalue weighted by molar-refractivity contribution is 5.33. The zero-order valence-electron chi connectivity index (χ0n) is 11.2. The van der Waals surface area contributed by atoms with Crippen LogP contribution in [0.5, 0.6) is 5.75 Å². The second-order valence-electron chi connectivity index (χ2n) is 5.24. The average molecular weight is 275 g/mol. The number of nitrogens with one attached hydrogen (secondary N) is 1. The maximum atomic E-state index is 13.3. The van der Waals surface area contributed by atoms with E-state index < -0.39 is 5.82 Å². The van der Waals surface area contributed by atoms with Gasteiger partial charge in [-0.1, -0.05) is 12.1 Å². The van der Waals surface area contributed by atoms with E-state index in [1.54, 1.807) is 18.3 Å². The van der Waals surface area contributed by atoms with Crippen LogP contribution in [0.15, 0.2) is 36.9 Å². The lowest BCUT2D eigenvalue weighted by Gasteiger charge is -2.22. The number of para-hydroxylation sites is 1. The molecule has 2 unspecified atom stereocenters. The predicted molar refractivity (Wildman–Crippen MR) is 73.8 cm³/mol. The van der Waals surface area contributed by atoms with Crippen molar-refractivity contribution in [3.05, 3.63) is 48.3 Å². The number of hydrogen-bond donors (Lipinski definition) is 2. The predicted octanol–water partition coefficient (Wildman–Crippen LogP) is 2.61. The van der Waals surface area contributed by atoms with Gasteiger partial charge in [0.2, 0.25) is 0 Å². The summed E-state index contributed by atoms with van der Waals surface area (Å²) in [5.74, 6) is -0.820. The lowest BCUT2D eigenvalue weighted by molar-refractivity contribution is 0.381. The molecule has 2 atom stereocenters. The molecule has 1 fully saturated rings. The van der Waals surface area contributed by atoms with Gasteiger partial charge in [-0.3, -0.25) is 0 Å². The summed E-state index contributed by atoms with van der Waals surface area (Å²) in [6.45, 7) is 0.472. The third-order valence-corrected chi connectivity index (χ3v) is 4.01. The first kappa shape index (κ1) is 13.1. The van der Waals surface area contributed by atoms with Crippen molar-refractivity contribution in [2.24, 2.45) is 0 Å². The molecule has 1 heterocycles. The summed E-state index contributed by atoms with van der Waals surface area (Å²) < 4.78 is 15.4. The number of halogens is 1. The van der Waals surface area contributed by atoms with Crippen LogP contribution in [-0.4, -0.2) is 20.7 Å². The minimum Gasteiger partial charge on any atom is -0.505 e. The number of nitrogens with zero attached hydrogens (tertiary/aromatic N) is 2. The molecule has 1 aromatic carbocycles. The Labute approximate surface area is 117 Å². The molecular formula is C15H18FN3O. The Bertz CT molecular complexity index is 571. The first-order valence-corrected chi connectivity index (χ1v) is 6.93. The van der Waals surface area contributed by atoms with E-state index >= 15 is 0 Å². The smallest absolute Gasteiger partial charge is 0.165 e. The molecule has 20 heavy (non-hydrogen) atoms. The average Bonchev–Trinajstić information content (AvgIpc) is 3.10. The van der Waals surface area contributed by atoms with Crippen molar-refractivity contribution in [2.45, 2.75) is 37.9 Å². The van der Waals surface area contributed by atoms with Gasteiger partial charge in [0.15, 0.2) is 11.6 Å². The number of phenols is 1. The summed E-state index contributed by atoms with van der Waals surface area (Å²) in [5.41, 5.74) is 0.598. The van der Waals surface area contributed by atoms with Gasteiger partial charge in [0.05, 0.1) is 6.33 Å². The van der Waals surface area contributed by atoms with Crippen LogP contribution in [0.4, 0.5) is 4.39 Å². The molecule has 0 bridgehead atoms. The SMILES string of the molecule is Oc1c(F)cccc1CNC1CCCC1n1ccnc1. The summed E-state index contributed by atoms with van der Waals surface area (Å²) in [5, 5.41) is 13.1. The Hall–Kier alpha value is -1.88. The second kappa shape index (κ2) is 5.63. The molecule has 3 rings (SSSR count). The highest BCUT2D eigenvalue weighted by atomic mass is 19.1. The van der Waals surface area contributed by atoms with Gasteiger partial charge in [-0.25, -0.2) is 9.37 Å². The van der Waals surface area contributed by atoms with E-state index in [2.05, 4.69) is 14.9 Å². The fourth-order valence-corrected chi connectivity index (χ4v) is 2.94. The maximum absolute atomic E-state index is 13.3. The lowest BCUT2D eigenvalue weighted by atomic mass is 10.1. The van der Waals surface area contributed by atoms with Gasteiger partial charge in [0.1, 0.15) is 0 Å². The van der Waals surface area contributed by atoms with E-state index in [0.717, 1.165) is 19.3 Å². The van der Waals surface area contributed by atoms with Crippen LogP contribution >= 0.6 is 0 Å². The normalized spacial score (nSPS) is 22.2. The van der Waals surface area contributed by atoms with Crippen molar-refractivity contribution < 1.29 is 9.50 Å². The fourth-order valence-electron chi connectivity index (χ4n) is 2.94. The molecule has 4 nitrogen and oxygen atoms in total. The Morgan fingerprint density at radius 3 is 3.10 bits per heavy atom. The first-order valence-electron chi connectivity index (χ1n) is 6.93. The number of aromatic nitrogens is 2. The quantitative estimate of drug-likeness (QED) is 0.901. The van der Waals surface area contributed by atoms with Gasteiger partial charge < -0.3 is 15.0 Å². The highest BCUT2D eigenvalue weighted by Gasteiger charge is 2.28. The Balaban J connectivity index is 1.67. The van der Waals surface area contributed by atoms with Crippen molar-refractivity contribution >= 4 is 0 Å². The van der Waals surface area contributed by atoms with Crippen LogP contribution in [-0.2, 0) is 6.54 Å². The molecule has 2 N–H and O–H groups in total. The van der Waals surface area contributed by atoms with Crippen LogP contribution in [0.1, 0.15) is 30.9 Å². The van der Waals surface area contributed by atoms with E-state index in [1.807, 2.05) is 12.5 Å². The Kier molecular flexibility index (Phi) is 3.69. The number of phenolic OH excluding ortho intramolecular Hbond substituents is 1. The second-order valence-corrected chi connectivity index (χ2v) is 5.24. The largest absolute Gasteiger partial charge is 0.505 e. The van der Waals surface area contributed by atoms with Gasteiger partial charge in [0.25, 0.3) is 0 Å². The zero-order chi connectivity index (χ0) is 13.9. The molecule has 1 aliphatic rings. The first-order chi connectivity index (χ1) is 9.75. The molecule has 0 amide bonds. The molecule has 0 spiro atoms. The molecule has 2 aromatic rings. The topological polar surface area (TPSA) is 50.1 Å². The minimum atomic E-state index is -0.568. The van der Waals surface area contributed by atoms with E-state index in [4.69, 9.17) is 0 Å². The lowest BCUT2D eigenvalue weighted by Crippen LogP contribution is -2.33. The van der Waals surface area contributed by atoms with E-state index in [1.165, 1.54) is 6.07 Å².